The van der Waals surface area contributed by atoms with Crippen molar-refractivity contribution >= 4 is 5.91 Å². The minimum Gasteiger partial charge on any atom is -0.389 e. The van der Waals surface area contributed by atoms with E-state index >= 15 is 0 Å². The average molecular weight is 278 g/mol. The number of hydrogen-bond donors (Lipinski definition) is 2. The second-order valence-electron chi connectivity index (χ2n) is 5.82. The van der Waals surface area contributed by atoms with E-state index in [2.05, 4.69) is 5.32 Å². The third-order valence-corrected chi connectivity index (χ3v) is 3.16. The summed E-state index contributed by atoms with van der Waals surface area (Å²) in [6, 6.07) is 8.02. The Morgan fingerprint density at radius 1 is 1.35 bits per heavy atom. The average Bonchev–Trinajstić information content (AvgIpc) is 2.35. The lowest BCUT2D eigenvalue weighted by molar-refractivity contribution is -0.123. The lowest BCUT2D eigenvalue weighted by Crippen LogP contribution is -2.43. The van der Waals surface area contributed by atoms with Gasteiger partial charge in [0.05, 0.1) is 12.1 Å². The number of benzene rings is 1. The fraction of sp³-hybridized carbons (Fsp3) is 0.562. The predicted molar refractivity (Wildman–Crippen MR) is 81.4 cm³/mol. The number of carbonyl (C=O) groups is 1. The van der Waals surface area contributed by atoms with E-state index in [1.54, 1.807) is 13.8 Å². The first-order valence-corrected chi connectivity index (χ1v) is 7.08. The SMILES string of the molecule is CCN(CC(=O)NCc1ccccc1C)CC(C)(C)O. The highest BCUT2D eigenvalue weighted by Crippen LogP contribution is 2.07. The van der Waals surface area contributed by atoms with Gasteiger partial charge in [0.25, 0.3) is 0 Å². The Bertz CT molecular complexity index is 438. The van der Waals surface area contributed by atoms with E-state index in [9.17, 15) is 9.90 Å². The summed E-state index contributed by atoms with van der Waals surface area (Å²) in [5.41, 5.74) is 1.52. The molecule has 20 heavy (non-hydrogen) atoms. The summed E-state index contributed by atoms with van der Waals surface area (Å²) in [7, 11) is 0. The highest BCUT2D eigenvalue weighted by atomic mass is 16.3. The van der Waals surface area contributed by atoms with Gasteiger partial charge in [-0.2, -0.15) is 0 Å². The second-order valence-corrected chi connectivity index (χ2v) is 5.82. The van der Waals surface area contributed by atoms with Gasteiger partial charge in [-0.3, -0.25) is 9.69 Å². The van der Waals surface area contributed by atoms with Crippen LogP contribution in [0.3, 0.4) is 0 Å². The van der Waals surface area contributed by atoms with Crippen LogP contribution in [0, 0.1) is 6.92 Å². The lowest BCUT2D eigenvalue weighted by atomic mass is 10.1. The largest absolute Gasteiger partial charge is 0.389 e. The Morgan fingerprint density at radius 2 is 2.00 bits per heavy atom. The highest BCUT2D eigenvalue weighted by Gasteiger charge is 2.18. The first kappa shape index (κ1) is 16.7. The summed E-state index contributed by atoms with van der Waals surface area (Å²) in [6.07, 6.45) is 0. The molecule has 0 aromatic heterocycles. The molecule has 1 aromatic carbocycles. The Labute approximate surface area is 121 Å². The van der Waals surface area contributed by atoms with Crippen LogP contribution in [0.1, 0.15) is 31.9 Å². The third kappa shape index (κ3) is 6.17. The molecule has 0 atom stereocenters. The molecule has 0 radical (unpaired) electrons. The quantitative estimate of drug-likeness (QED) is 0.798. The summed E-state index contributed by atoms with van der Waals surface area (Å²) in [4.78, 5) is 13.9. The van der Waals surface area contributed by atoms with Crippen LogP contribution in [0.4, 0.5) is 0 Å². The molecular formula is C16H26N2O2. The molecule has 2 N–H and O–H groups in total. The van der Waals surface area contributed by atoms with Gasteiger partial charge in [-0.15, -0.1) is 0 Å². The van der Waals surface area contributed by atoms with Crippen molar-refractivity contribution < 1.29 is 9.90 Å². The van der Waals surface area contributed by atoms with Crippen LogP contribution >= 0.6 is 0 Å². The van der Waals surface area contributed by atoms with E-state index in [1.165, 1.54) is 5.56 Å². The summed E-state index contributed by atoms with van der Waals surface area (Å²) >= 11 is 0. The summed E-state index contributed by atoms with van der Waals surface area (Å²) in [6.45, 7) is 9.61. The fourth-order valence-corrected chi connectivity index (χ4v) is 2.09. The standard InChI is InChI=1S/C16H26N2O2/c1-5-18(12-16(3,4)20)11-15(19)17-10-14-9-7-6-8-13(14)2/h6-9,20H,5,10-12H2,1-4H3,(H,17,19). The summed E-state index contributed by atoms with van der Waals surface area (Å²) in [5.74, 6) is -0.0145. The summed E-state index contributed by atoms with van der Waals surface area (Å²) in [5, 5.41) is 12.7. The van der Waals surface area contributed by atoms with E-state index in [0.717, 1.165) is 12.1 Å². The van der Waals surface area contributed by atoms with Crippen LogP contribution in [0.15, 0.2) is 24.3 Å². The zero-order valence-corrected chi connectivity index (χ0v) is 12.9. The molecule has 1 amide bonds. The van der Waals surface area contributed by atoms with E-state index in [1.807, 2.05) is 43.0 Å². The third-order valence-electron chi connectivity index (χ3n) is 3.16. The van der Waals surface area contributed by atoms with Gasteiger partial charge in [-0.1, -0.05) is 31.2 Å². The van der Waals surface area contributed by atoms with Crippen molar-refractivity contribution in [3.05, 3.63) is 35.4 Å². The van der Waals surface area contributed by atoms with Gasteiger partial charge in [0, 0.05) is 13.1 Å². The number of likely N-dealkylation sites (N-methyl/N-ethyl adjacent to an activating group) is 1. The fourth-order valence-electron chi connectivity index (χ4n) is 2.09. The maximum absolute atomic E-state index is 11.9. The molecule has 4 nitrogen and oxygen atoms in total. The zero-order chi connectivity index (χ0) is 15.2. The maximum Gasteiger partial charge on any atom is 0.234 e. The predicted octanol–water partition coefficient (Wildman–Crippen LogP) is 1.70. The number of aryl methyl sites for hydroxylation is 1. The van der Waals surface area contributed by atoms with Crippen LogP contribution in [0.2, 0.25) is 0 Å². The zero-order valence-electron chi connectivity index (χ0n) is 12.9. The highest BCUT2D eigenvalue weighted by molar-refractivity contribution is 5.78. The van der Waals surface area contributed by atoms with Crippen molar-refractivity contribution in [1.82, 2.24) is 10.2 Å². The molecule has 0 aliphatic heterocycles. The topological polar surface area (TPSA) is 52.6 Å². The van der Waals surface area contributed by atoms with Crippen LogP contribution in [0.25, 0.3) is 0 Å². The van der Waals surface area contributed by atoms with Crippen molar-refractivity contribution in [2.24, 2.45) is 0 Å². The van der Waals surface area contributed by atoms with E-state index < -0.39 is 5.60 Å². The van der Waals surface area contributed by atoms with Crippen molar-refractivity contribution in [3.63, 3.8) is 0 Å². The van der Waals surface area contributed by atoms with E-state index in [0.29, 0.717) is 19.6 Å². The Balaban J connectivity index is 2.45. The Hall–Kier alpha value is -1.39. The molecule has 0 saturated carbocycles. The smallest absolute Gasteiger partial charge is 0.234 e. The first-order chi connectivity index (χ1) is 9.31. The lowest BCUT2D eigenvalue weighted by Gasteiger charge is -2.27. The van der Waals surface area contributed by atoms with Gasteiger partial charge < -0.3 is 10.4 Å². The molecule has 0 bridgehead atoms. The number of hydrogen-bond acceptors (Lipinski definition) is 3. The van der Waals surface area contributed by atoms with Crippen LogP contribution < -0.4 is 5.32 Å². The van der Waals surface area contributed by atoms with E-state index in [-0.39, 0.29) is 5.91 Å². The normalized spacial score (nSPS) is 11.7. The number of nitrogens with zero attached hydrogens (tertiary/aromatic N) is 1. The van der Waals surface area contributed by atoms with Crippen molar-refractivity contribution in [2.45, 2.75) is 39.8 Å². The number of amides is 1. The number of carbonyl (C=O) groups excluding carboxylic acids is 1. The second kappa shape index (κ2) is 7.41. The molecule has 0 saturated heterocycles. The molecule has 0 fully saturated rings. The molecule has 4 heteroatoms. The Morgan fingerprint density at radius 3 is 2.55 bits per heavy atom. The number of rotatable bonds is 7. The molecular weight excluding hydrogens is 252 g/mol. The molecule has 0 spiro atoms. The van der Waals surface area contributed by atoms with Crippen molar-refractivity contribution in [3.8, 4) is 0 Å². The first-order valence-electron chi connectivity index (χ1n) is 7.08. The van der Waals surface area contributed by atoms with Crippen LogP contribution in [0.5, 0.6) is 0 Å². The number of aliphatic hydroxyl groups is 1. The molecule has 0 heterocycles. The van der Waals surface area contributed by atoms with Gasteiger partial charge in [0.15, 0.2) is 0 Å². The van der Waals surface area contributed by atoms with Gasteiger partial charge in [-0.05, 0) is 38.4 Å². The molecule has 1 rings (SSSR count). The van der Waals surface area contributed by atoms with Gasteiger partial charge in [0.1, 0.15) is 0 Å². The van der Waals surface area contributed by atoms with E-state index in [4.69, 9.17) is 0 Å². The van der Waals surface area contributed by atoms with Gasteiger partial charge in [-0.25, -0.2) is 0 Å². The summed E-state index contributed by atoms with van der Waals surface area (Å²) < 4.78 is 0. The number of nitrogens with one attached hydrogen (secondary N) is 1. The van der Waals surface area contributed by atoms with Crippen molar-refractivity contribution in [2.75, 3.05) is 19.6 Å². The minimum absolute atomic E-state index is 0.0145. The molecule has 0 unspecified atom stereocenters. The monoisotopic (exact) mass is 278 g/mol. The Kier molecular flexibility index (Phi) is 6.17. The minimum atomic E-state index is -0.785. The van der Waals surface area contributed by atoms with Gasteiger partial charge >= 0.3 is 0 Å². The molecule has 112 valence electrons. The van der Waals surface area contributed by atoms with Crippen LogP contribution in [-0.4, -0.2) is 41.1 Å². The molecule has 0 aliphatic rings. The molecule has 1 aromatic rings. The molecule has 0 aliphatic carbocycles. The van der Waals surface area contributed by atoms with Gasteiger partial charge in [0.2, 0.25) is 5.91 Å². The maximum atomic E-state index is 11.9. The van der Waals surface area contributed by atoms with Crippen molar-refractivity contribution in [1.29, 1.82) is 0 Å². The van der Waals surface area contributed by atoms with Crippen LogP contribution in [-0.2, 0) is 11.3 Å².